The number of hydrogen-bond acceptors (Lipinski definition) is 5. The lowest BCUT2D eigenvalue weighted by molar-refractivity contribution is -0.0381. The standard InChI is InChI=1S/C9H21N5O2/c1-9(12-3-2-10,13-8(11)15)14-4-6-16-7-5-14/h12H,2-7,10H2,1H3,(H3,11,13,15). The maximum atomic E-state index is 11.0. The highest BCUT2D eigenvalue weighted by molar-refractivity contribution is 5.72. The number of carbonyl (C=O) groups is 1. The second kappa shape index (κ2) is 6.00. The molecule has 2 amide bonds. The van der Waals surface area contributed by atoms with Crippen molar-refractivity contribution in [2.24, 2.45) is 11.5 Å². The Labute approximate surface area is 95.5 Å². The van der Waals surface area contributed by atoms with Crippen LogP contribution in [0.2, 0.25) is 0 Å². The number of nitrogens with one attached hydrogen (secondary N) is 2. The van der Waals surface area contributed by atoms with Gasteiger partial charge in [0, 0.05) is 26.2 Å². The first-order valence-corrected chi connectivity index (χ1v) is 5.44. The zero-order chi connectivity index (χ0) is 12.0. The van der Waals surface area contributed by atoms with Crippen LogP contribution in [0.4, 0.5) is 4.79 Å². The van der Waals surface area contributed by atoms with Crippen LogP contribution in [0.25, 0.3) is 0 Å². The van der Waals surface area contributed by atoms with Crippen molar-refractivity contribution in [2.75, 3.05) is 39.4 Å². The number of amides is 2. The molecule has 0 aromatic heterocycles. The number of urea groups is 1. The van der Waals surface area contributed by atoms with Gasteiger partial charge in [-0.05, 0) is 6.92 Å². The van der Waals surface area contributed by atoms with E-state index in [4.69, 9.17) is 16.2 Å². The van der Waals surface area contributed by atoms with E-state index in [9.17, 15) is 4.79 Å². The van der Waals surface area contributed by atoms with E-state index in [-0.39, 0.29) is 0 Å². The summed E-state index contributed by atoms with van der Waals surface area (Å²) in [5.41, 5.74) is 10.6. The molecule has 0 spiro atoms. The largest absolute Gasteiger partial charge is 0.379 e. The Balaban J connectivity index is 2.62. The number of primary amides is 1. The first-order chi connectivity index (χ1) is 7.58. The van der Waals surface area contributed by atoms with Crippen LogP contribution in [-0.2, 0) is 4.74 Å². The first kappa shape index (κ1) is 13.2. The predicted octanol–water partition coefficient (Wildman–Crippen LogP) is -1.79. The summed E-state index contributed by atoms with van der Waals surface area (Å²) in [6, 6.07) is -0.557. The summed E-state index contributed by atoms with van der Waals surface area (Å²) in [6.45, 7) is 5.77. The van der Waals surface area contributed by atoms with Crippen molar-refractivity contribution < 1.29 is 9.53 Å². The smallest absolute Gasteiger partial charge is 0.314 e. The molecule has 0 aromatic carbocycles. The SMILES string of the molecule is CC(NCCN)(NC(N)=O)N1CCOCC1. The Bertz CT molecular complexity index is 232. The highest BCUT2D eigenvalue weighted by Gasteiger charge is 2.33. The van der Waals surface area contributed by atoms with Crippen LogP contribution in [0.15, 0.2) is 0 Å². The molecule has 1 atom stereocenters. The molecule has 7 heteroatoms. The van der Waals surface area contributed by atoms with E-state index < -0.39 is 11.8 Å². The van der Waals surface area contributed by atoms with Crippen LogP contribution < -0.4 is 22.1 Å². The molecule has 0 aromatic rings. The van der Waals surface area contributed by atoms with Crippen molar-refractivity contribution in [3.63, 3.8) is 0 Å². The molecular weight excluding hydrogens is 210 g/mol. The lowest BCUT2D eigenvalue weighted by Gasteiger charge is -2.43. The highest BCUT2D eigenvalue weighted by atomic mass is 16.5. The lowest BCUT2D eigenvalue weighted by atomic mass is 10.2. The summed E-state index contributed by atoms with van der Waals surface area (Å²) in [4.78, 5) is 13.1. The minimum atomic E-state index is -0.658. The van der Waals surface area contributed by atoms with Crippen LogP contribution in [0.5, 0.6) is 0 Å². The van der Waals surface area contributed by atoms with E-state index >= 15 is 0 Å². The van der Waals surface area contributed by atoms with E-state index in [1.54, 1.807) is 0 Å². The number of nitrogens with two attached hydrogens (primary N) is 2. The van der Waals surface area contributed by atoms with E-state index in [1.807, 2.05) is 6.92 Å². The van der Waals surface area contributed by atoms with Crippen LogP contribution in [-0.4, -0.2) is 56.1 Å². The Hall–Kier alpha value is -0.890. The molecule has 0 saturated carbocycles. The number of carbonyl (C=O) groups excluding carboxylic acids is 1. The van der Waals surface area contributed by atoms with Gasteiger partial charge in [0.2, 0.25) is 0 Å². The minimum Gasteiger partial charge on any atom is -0.379 e. The van der Waals surface area contributed by atoms with Gasteiger partial charge in [-0.25, -0.2) is 4.79 Å². The van der Waals surface area contributed by atoms with E-state index in [0.29, 0.717) is 26.3 Å². The molecule has 0 aliphatic carbocycles. The second-order valence-corrected chi connectivity index (χ2v) is 3.88. The molecule has 6 N–H and O–H groups in total. The molecule has 0 radical (unpaired) electrons. The van der Waals surface area contributed by atoms with Crippen molar-refractivity contribution >= 4 is 6.03 Å². The predicted molar refractivity (Wildman–Crippen MR) is 60.6 cm³/mol. The number of morpholine rings is 1. The summed E-state index contributed by atoms with van der Waals surface area (Å²) in [5.74, 6) is -0.658. The molecule has 1 aliphatic heterocycles. The average Bonchev–Trinajstić information content (AvgIpc) is 2.27. The van der Waals surface area contributed by atoms with Gasteiger partial charge in [-0.1, -0.05) is 0 Å². The third-order valence-corrected chi connectivity index (χ3v) is 2.62. The summed E-state index contributed by atoms with van der Waals surface area (Å²) in [5, 5.41) is 5.88. The molecule has 16 heavy (non-hydrogen) atoms. The normalized spacial score (nSPS) is 21.4. The van der Waals surface area contributed by atoms with Crippen LogP contribution in [0.1, 0.15) is 6.92 Å². The van der Waals surface area contributed by atoms with Crippen molar-refractivity contribution in [1.82, 2.24) is 15.5 Å². The topological polar surface area (TPSA) is 106 Å². The maximum Gasteiger partial charge on any atom is 0.314 e. The van der Waals surface area contributed by atoms with Gasteiger partial charge in [0.15, 0.2) is 0 Å². The molecule has 1 unspecified atom stereocenters. The fourth-order valence-electron chi connectivity index (χ4n) is 1.80. The monoisotopic (exact) mass is 231 g/mol. The Kier molecular flexibility index (Phi) is 4.94. The van der Waals surface area contributed by atoms with Crippen LogP contribution >= 0.6 is 0 Å². The van der Waals surface area contributed by atoms with Crippen molar-refractivity contribution in [2.45, 2.75) is 12.7 Å². The number of rotatable bonds is 5. The molecule has 1 aliphatic rings. The third kappa shape index (κ3) is 3.60. The van der Waals surface area contributed by atoms with Gasteiger partial charge < -0.3 is 21.5 Å². The Morgan fingerprint density at radius 2 is 2.12 bits per heavy atom. The van der Waals surface area contributed by atoms with E-state index in [0.717, 1.165) is 13.1 Å². The van der Waals surface area contributed by atoms with Crippen LogP contribution in [0.3, 0.4) is 0 Å². The number of hydrogen-bond donors (Lipinski definition) is 4. The third-order valence-electron chi connectivity index (χ3n) is 2.62. The van der Waals surface area contributed by atoms with Gasteiger partial charge in [-0.2, -0.15) is 0 Å². The Morgan fingerprint density at radius 3 is 2.62 bits per heavy atom. The molecule has 1 heterocycles. The molecular formula is C9H21N5O2. The molecule has 0 bridgehead atoms. The van der Waals surface area contributed by atoms with Gasteiger partial charge in [0.25, 0.3) is 0 Å². The van der Waals surface area contributed by atoms with Crippen molar-refractivity contribution in [1.29, 1.82) is 0 Å². The molecule has 1 fully saturated rings. The summed E-state index contributed by atoms with van der Waals surface area (Å²) in [6.07, 6.45) is 0. The van der Waals surface area contributed by atoms with Crippen molar-refractivity contribution in [3.8, 4) is 0 Å². The van der Waals surface area contributed by atoms with Crippen molar-refractivity contribution in [3.05, 3.63) is 0 Å². The zero-order valence-electron chi connectivity index (χ0n) is 9.66. The second-order valence-electron chi connectivity index (χ2n) is 3.88. The molecule has 7 nitrogen and oxygen atoms in total. The van der Waals surface area contributed by atoms with Gasteiger partial charge in [-0.15, -0.1) is 0 Å². The number of nitrogens with zero attached hydrogens (tertiary/aromatic N) is 1. The first-order valence-electron chi connectivity index (χ1n) is 5.44. The van der Waals surface area contributed by atoms with E-state index in [1.165, 1.54) is 0 Å². The fraction of sp³-hybridized carbons (Fsp3) is 0.889. The van der Waals surface area contributed by atoms with E-state index in [2.05, 4.69) is 15.5 Å². The fourth-order valence-corrected chi connectivity index (χ4v) is 1.80. The van der Waals surface area contributed by atoms with Gasteiger partial charge in [0.05, 0.1) is 13.2 Å². The lowest BCUT2D eigenvalue weighted by Crippen LogP contribution is -2.70. The van der Waals surface area contributed by atoms with Gasteiger partial charge in [0.1, 0.15) is 5.79 Å². The summed E-state index contributed by atoms with van der Waals surface area (Å²) < 4.78 is 5.27. The van der Waals surface area contributed by atoms with Gasteiger partial charge in [-0.3, -0.25) is 10.2 Å². The average molecular weight is 231 g/mol. The van der Waals surface area contributed by atoms with Crippen LogP contribution in [0, 0.1) is 0 Å². The minimum absolute atomic E-state index is 0.500. The molecule has 1 saturated heterocycles. The highest BCUT2D eigenvalue weighted by Crippen LogP contribution is 2.10. The zero-order valence-corrected chi connectivity index (χ0v) is 9.66. The maximum absolute atomic E-state index is 11.0. The number of ether oxygens (including phenoxy) is 1. The summed E-state index contributed by atoms with van der Waals surface area (Å²) >= 11 is 0. The molecule has 94 valence electrons. The quantitative estimate of drug-likeness (QED) is 0.418. The summed E-state index contributed by atoms with van der Waals surface area (Å²) in [7, 11) is 0. The van der Waals surface area contributed by atoms with Gasteiger partial charge >= 0.3 is 6.03 Å². The molecule has 1 rings (SSSR count). The Morgan fingerprint density at radius 1 is 1.50 bits per heavy atom.